The normalized spacial score (nSPS) is 10.3. The quantitative estimate of drug-likeness (QED) is 0.917. The number of carbonyl (C=O) groups excluding carboxylic acids is 1. The van der Waals surface area contributed by atoms with E-state index in [1.54, 1.807) is 22.9 Å². The van der Waals surface area contributed by atoms with Crippen LogP contribution >= 0.6 is 0 Å². The van der Waals surface area contributed by atoms with Gasteiger partial charge < -0.3 is 10.1 Å². The lowest BCUT2D eigenvalue weighted by molar-refractivity contribution is 0.102. The summed E-state index contributed by atoms with van der Waals surface area (Å²) < 4.78 is 7.15. The predicted molar refractivity (Wildman–Crippen MR) is 73.5 cm³/mol. The van der Waals surface area contributed by atoms with Crippen molar-refractivity contribution in [3.8, 4) is 5.75 Å². The van der Waals surface area contributed by atoms with Gasteiger partial charge in [-0.15, -0.1) is 0 Å². The van der Waals surface area contributed by atoms with Crippen LogP contribution in [0, 0.1) is 6.92 Å². The number of para-hydroxylation sites is 1. The van der Waals surface area contributed by atoms with Gasteiger partial charge in [0.05, 0.1) is 12.2 Å². The second-order valence-corrected chi connectivity index (χ2v) is 4.18. The van der Waals surface area contributed by atoms with Crippen LogP contribution in [0.25, 0.3) is 0 Å². The topological polar surface area (TPSA) is 56.1 Å². The number of nitrogens with zero attached hydrogens (tertiary/aromatic N) is 2. The Kier molecular flexibility index (Phi) is 3.85. The fourth-order valence-electron chi connectivity index (χ4n) is 1.74. The van der Waals surface area contributed by atoms with Crippen LogP contribution in [0.4, 0.5) is 5.82 Å². The fourth-order valence-corrected chi connectivity index (χ4v) is 1.74. The number of anilines is 1. The molecule has 5 heteroatoms. The van der Waals surface area contributed by atoms with Gasteiger partial charge in [0.15, 0.2) is 5.82 Å². The summed E-state index contributed by atoms with van der Waals surface area (Å²) in [6.07, 6.45) is 0. The molecule has 0 aliphatic carbocycles. The number of ether oxygens (including phenoxy) is 1. The van der Waals surface area contributed by atoms with Crippen LogP contribution < -0.4 is 10.1 Å². The number of aryl methyl sites for hydroxylation is 2. The van der Waals surface area contributed by atoms with Gasteiger partial charge in [-0.3, -0.25) is 9.48 Å². The van der Waals surface area contributed by atoms with E-state index < -0.39 is 0 Å². The number of carbonyl (C=O) groups is 1. The van der Waals surface area contributed by atoms with Crippen LogP contribution in [0.3, 0.4) is 0 Å². The van der Waals surface area contributed by atoms with E-state index in [-0.39, 0.29) is 5.91 Å². The van der Waals surface area contributed by atoms with Crippen LogP contribution in [0.5, 0.6) is 5.75 Å². The standard InChI is InChI=1S/C14H17N3O2/c1-4-19-12-8-6-5-7-11(12)14(18)15-13-9-10(2)17(3)16-13/h5-9H,4H2,1-3H3,(H,15,16,18). The molecule has 1 N–H and O–H groups in total. The van der Waals surface area contributed by atoms with Crippen molar-refractivity contribution in [2.24, 2.45) is 7.05 Å². The van der Waals surface area contributed by atoms with Gasteiger partial charge in [0.25, 0.3) is 5.91 Å². The molecule has 1 aromatic carbocycles. The van der Waals surface area contributed by atoms with Crippen molar-refractivity contribution in [1.29, 1.82) is 0 Å². The highest BCUT2D eigenvalue weighted by Gasteiger charge is 2.13. The van der Waals surface area contributed by atoms with E-state index >= 15 is 0 Å². The van der Waals surface area contributed by atoms with E-state index in [0.29, 0.717) is 23.7 Å². The summed E-state index contributed by atoms with van der Waals surface area (Å²) in [6, 6.07) is 8.98. The molecule has 2 rings (SSSR count). The van der Waals surface area contributed by atoms with E-state index in [1.807, 2.05) is 33.0 Å². The SMILES string of the molecule is CCOc1ccccc1C(=O)Nc1cc(C)n(C)n1. The zero-order valence-corrected chi connectivity index (χ0v) is 11.3. The number of hydrogen-bond acceptors (Lipinski definition) is 3. The minimum absolute atomic E-state index is 0.220. The molecule has 0 saturated carbocycles. The summed E-state index contributed by atoms with van der Waals surface area (Å²) in [5.41, 5.74) is 1.49. The van der Waals surface area contributed by atoms with Crippen molar-refractivity contribution in [1.82, 2.24) is 9.78 Å². The first-order valence-electron chi connectivity index (χ1n) is 6.15. The van der Waals surface area contributed by atoms with Crippen LogP contribution in [0.2, 0.25) is 0 Å². The molecule has 1 aromatic heterocycles. The lowest BCUT2D eigenvalue weighted by Gasteiger charge is -2.09. The Hall–Kier alpha value is -2.30. The van der Waals surface area contributed by atoms with Gasteiger partial charge in [-0.2, -0.15) is 5.10 Å². The van der Waals surface area contributed by atoms with Crippen LogP contribution in [-0.2, 0) is 7.05 Å². The molecule has 1 amide bonds. The van der Waals surface area contributed by atoms with Gasteiger partial charge in [-0.05, 0) is 26.0 Å². The van der Waals surface area contributed by atoms with Crippen LogP contribution in [-0.4, -0.2) is 22.3 Å². The van der Waals surface area contributed by atoms with E-state index in [9.17, 15) is 4.79 Å². The van der Waals surface area contributed by atoms with Gasteiger partial charge in [0.1, 0.15) is 5.75 Å². The molecule has 0 unspecified atom stereocenters. The van der Waals surface area contributed by atoms with Crippen molar-refractivity contribution in [3.05, 3.63) is 41.6 Å². The van der Waals surface area contributed by atoms with Gasteiger partial charge in [-0.25, -0.2) is 0 Å². The number of aromatic nitrogens is 2. The Bertz CT molecular complexity index is 571. The van der Waals surface area contributed by atoms with Gasteiger partial charge in [0, 0.05) is 18.8 Å². The molecule has 0 saturated heterocycles. The Morgan fingerprint density at radius 1 is 1.42 bits per heavy atom. The van der Waals surface area contributed by atoms with Gasteiger partial charge in [0.2, 0.25) is 0 Å². The molecule has 0 radical (unpaired) electrons. The summed E-state index contributed by atoms with van der Waals surface area (Å²) >= 11 is 0. The third-order valence-electron chi connectivity index (χ3n) is 2.79. The minimum atomic E-state index is -0.220. The lowest BCUT2D eigenvalue weighted by atomic mass is 10.2. The van der Waals surface area contributed by atoms with E-state index in [2.05, 4.69) is 10.4 Å². The summed E-state index contributed by atoms with van der Waals surface area (Å²) in [7, 11) is 1.83. The molecular formula is C14H17N3O2. The van der Waals surface area contributed by atoms with Crippen molar-refractivity contribution in [2.45, 2.75) is 13.8 Å². The fraction of sp³-hybridized carbons (Fsp3) is 0.286. The average molecular weight is 259 g/mol. The molecule has 0 aliphatic rings. The third-order valence-corrected chi connectivity index (χ3v) is 2.79. The molecule has 0 atom stereocenters. The number of nitrogens with one attached hydrogen (secondary N) is 1. The first kappa shape index (κ1) is 13.1. The third kappa shape index (κ3) is 2.93. The van der Waals surface area contributed by atoms with E-state index in [0.717, 1.165) is 5.69 Å². The maximum Gasteiger partial charge on any atom is 0.260 e. The maximum absolute atomic E-state index is 12.2. The second-order valence-electron chi connectivity index (χ2n) is 4.18. The summed E-state index contributed by atoms with van der Waals surface area (Å²) in [5, 5.41) is 6.96. The van der Waals surface area contributed by atoms with Crippen molar-refractivity contribution in [3.63, 3.8) is 0 Å². The smallest absolute Gasteiger partial charge is 0.260 e. The zero-order chi connectivity index (χ0) is 13.8. The number of benzene rings is 1. The monoisotopic (exact) mass is 259 g/mol. The Morgan fingerprint density at radius 2 is 2.16 bits per heavy atom. The molecule has 0 fully saturated rings. The first-order valence-corrected chi connectivity index (χ1v) is 6.15. The van der Waals surface area contributed by atoms with E-state index in [4.69, 9.17) is 4.74 Å². The van der Waals surface area contributed by atoms with Crippen molar-refractivity contribution in [2.75, 3.05) is 11.9 Å². The summed E-state index contributed by atoms with van der Waals surface area (Å²) in [4.78, 5) is 12.2. The molecule has 0 spiro atoms. The zero-order valence-electron chi connectivity index (χ0n) is 11.3. The summed E-state index contributed by atoms with van der Waals surface area (Å²) in [5.74, 6) is 0.897. The number of rotatable bonds is 4. The van der Waals surface area contributed by atoms with Gasteiger partial charge in [-0.1, -0.05) is 12.1 Å². The number of amides is 1. The average Bonchev–Trinajstić information content (AvgIpc) is 2.69. The molecule has 19 heavy (non-hydrogen) atoms. The largest absolute Gasteiger partial charge is 0.493 e. The minimum Gasteiger partial charge on any atom is -0.493 e. The predicted octanol–water partition coefficient (Wildman–Crippen LogP) is 2.38. The highest BCUT2D eigenvalue weighted by molar-refractivity contribution is 6.05. The molecular weight excluding hydrogens is 242 g/mol. The Balaban J connectivity index is 2.20. The highest BCUT2D eigenvalue weighted by atomic mass is 16.5. The second kappa shape index (κ2) is 5.56. The van der Waals surface area contributed by atoms with Crippen molar-refractivity contribution >= 4 is 11.7 Å². The molecule has 2 aromatic rings. The molecule has 0 aliphatic heterocycles. The van der Waals surface area contributed by atoms with E-state index in [1.165, 1.54) is 0 Å². The maximum atomic E-state index is 12.2. The number of hydrogen-bond donors (Lipinski definition) is 1. The molecule has 1 heterocycles. The molecule has 5 nitrogen and oxygen atoms in total. The van der Waals surface area contributed by atoms with Crippen LogP contribution in [0.1, 0.15) is 23.0 Å². The molecule has 0 bridgehead atoms. The van der Waals surface area contributed by atoms with Gasteiger partial charge >= 0.3 is 0 Å². The van der Waals surface area contributed by atoms with Crippen LogP contribution in [0.15, 0.2) is 30.3 Å². The molecule has 100 valence electrons. The Labute approximate surface area is 112 Å². The summed E-state index contributed by atoms with van der Waals surface area (Å²) in [6.45, 7) is 4.33. The van der Waals surface area contributed by atoms with Crippen molar-refractivity contribution < 1.29 is 9.53 Å². The Morgan fingerprint density at radius 3 is 2.79 bits per heavy atom. The lowest BCUT2D eigenvalue weighted by Crippen LogP contribution is -2.14. The highest BCUT2D eigenvalue weighted by Crippen LogP contribution is 2.19. The first-order chi connectivity index (χ1) is 9.11.